The van der Waals surface area contributed by atoms with Gasteiger partial charge in [-0.2, -0.15) is 5.10 Å². The third kappa shape index (κ3) is 7.17. The molecule has 0 spiro atoms. The van der Waals surface area contributed by atoms with E-state index in [2.05, 4.69) is 24.4 Å². The highest BCUT2D eigenvalue weighted by atomic mass is 16.6. The van der Waals surface area contributed by atoms with E-state index < -0.39 is 5.97 Å². The minimum absolute atomic E-state index is 0.155. The Morgan fingerprint density at radius 3 is 2.31 bits per heavy atom. The zero-order valence-electron chi connectivity index (χ0n) is 20.6. The van der Waals surface area contributed by atoms with Crippen molar-refractivity contribution in [2.75, 3.05) is 13.7 Å². The van der Waals surface area contributed by atoms with Crippen LogP contribution in [0, 0.1) is 13.8 Å². The molecule has 0 unspecified atom stereocenters. The molecule has 0 aromatic heterocycles. The number of carbonyl (C=O) groups is 2. The Hall–Kier alpha value is -4.13. The Kier molecular flexibility index (Phi) is 8.62. The number of hydrogen-bond donors (Lipinski definition) is 1. The minimum atomic E-state index is -0.480. The van der Waals surface area contributed by atoms with Crippen LogP contribution in [-0.2, 0) is 4.79 Å². The molecule has 3 rings (SSSR count). The third-order valence-corrected chi connectivity index (χ3v) is 5.23. The van der Waals surface area contributed by atoms with E-state index in [0.717, 1.165) is 16.7 Å². The van der Waals surface area contributed by atoms with Gasteiger partial charge in [-0.05, 0) is 72.9 Å². The summed E-state index contributed by atoms with van der Waals surface area (Å²) in [7, 11) is 1.48. The topological polar surface area (TPSA) is 86.2 Å². The number of rotatable bonds is 9. The van der Waals surface area contributed by atoms with E-state index in [0.29, 0.717) is 22.6 Å². The van der Waals surface area contributed by atoms with Crippen LogP contribution in [0.25, 0.3) is 0 Å². The number of amides is 1. The van der Waals surface area contributed by atoms with Crippen LogP contribution in [0.1, 0.15) is 52.4 Å². The lowest BCUT2D eigenvalue weighted by molar-refractivity contribution is -0.123. The van der Waals surface area contributed by atoms with E-state index in [1.54, 1.807) is 30.3 Å². The smallest absolute Gasteiger partial charge is 0.343 e. The zero-order valence-corrected chi connectivity index (χ0v) is 20.6. The Balaban J connectivity index is 1.58. The lowest BCUT2D eigenvalue weighted by atomic mass is 10.0. The van der Waals surface area contributed by atoms with E-state index in [4.69, 9.17) is 14.2 Å². The Bertz CT molecular complexity index is 1220. The van der Waals surface area contributed by atoms with Crippen LogP contribution < -0.4 is 19.6 Å². The van der Waals surface area contributed by atoms with Crippen molar-refractivity contribution in [2.24, 2.45) is 5.10 Å². The molecule has 3 aromatic rings. The maximum absolute atomic E-state index is 12.4. The third-order valence-electron chi connectivity index (χ3n) is 5.23. The van der Waals surface area contributed by atoms with Gasteiger partial charge in [-0.25, -0.2) is 10.2 Å². The van der Waals surface area contributed by atoms with Crippen molar-refractivity contribution in [1.82, 2.24) is 5.43 Å². The molecule has 0 fully saturated rings. The fourth-order valence-electron chi connectivity index (χ4n) is 3.30. The predicted molar refractivity (Wildman–Crippen MR) is 136 cm³/mol. The monoisotopic (exact) mass is 474 g/mol. The second-order valence-electron chi connectivity index (χ2n) is 8.44. The van der Waals surface area contributed by atoms with Crippen molar-refractivity contribution in [2.45, 2.75) is 33.6 Å². The van der Waals surface area contributed by atoms with Gasteiger partial charge in [0.05, 0.1) is 18.9 Å². The molecular formula is C28H30N2O5. The lowest BCUT2D eigenvalue weighted by Crippen LogP contribution is -2.25. The number of hydrazone groups is 1. The summed E-state index contributed by atoms with van der Waals surface area (Å²) in [4.78, 5) is 24.6. The van der Waals surface area contributed by atoms with Crippen LogP contribution in [0.15, 0.2) is 65.8 Å². The van der Waals surface area contributed by atoms with Crippen molar-refractivity contribution in [1.29, 1.82) is 0 Å². The van der Waals surface area contributed by atoms with Crippen LogP contribution in [-0.4, -0.2) is 31.8 Å². The Labute approximate surface area is 205 Å². The average Bonchev–Trinajstić information content (AvgIpc) is 2.83. The Morgan fingerprint density at radius 2 is 1.63 bits per heavy atom. The molecule has 0 heterocycles. The van der Waals surface area contributed by atoms with Gasteiger partial charge in [0.25, 0.3) is 5.91 Å². The van der Waals surface area contributed by atoms with Crippen molar-refractivity contribution >= 4 is 18.1 Å². The highest BCUT2D eigenvalue weighted by molar-refractivity contribution is 5.91. The van der Waals surface area contributed by atoms with Crippen LogP contribution in [0.4, 0.5) is 0 Å². The van der Waals surface area contributed by atoms with Gasteiger partial charge in [-0.3, -0.25) is 4.79 Å². The molecular weight excluding hydrogens is 444 g/mol. The van der Waals surface area contributed by atoms with E-state index in [1.165, 1.54) is 13.3 Å². The molecule has 0 aliphatic heterocycles. The predicted octanol–water partition coefficient (Wildman–Crippen LogP) is 5.18. The molecule has 3 aromatic carbocycles. The van der Waals surface area contributed by atoms with E-state index in [-0.39, 0.29) is 24.2 Å². The lowest BCUT2D eigenvalue weighted by Gasteiger charge is -2.14. The second-order valence-corrected chi connectivity index (χ2v) is 8.44. The molecule has 0 bridgehead atoms. The normalized spacial score (nSPS) is 10.9. The van der Waals surface area contributed by atoms with E-state index in [1.807, 2.05) is 44.2 Å². The molecule has 0 aliphatic carbocycles. The number of carbonyl (C=O) groups excluding carboxylic acids is 2. The SMILES string of the molecule is COc1cc(/C=N\NC(=O)COc2cc(C)ccc2C(C)C)ccc1OC(=O)c1ccc(C)cc1. The second kappa shape index (κ2) is 11.8. The maximum atomic E-state index is 12.4. The average molecular weight is 475 g/mol. The van der Waals surface area contributed by atoms with Gasteiger partial charge in [0.1, 0.15) is 5.75 Å². The van der Waals surface area contributed by atoms with Crippen LogP contribution >= 0.6 is 0 Å². The fourth-order valence-corrected chi connectivity index (χ4v) is 3.30. The van der Waals surface area contributed by atoms with Crippen molar-refractivity contribution in [3.63, 3.8) is 0 Å². The van der Waals surface area contributed by atoms with Crippen molar-refractivity contribution in [3.8, 4) is 17.2 Å². The number of esters is 1. The quantitative estimate of drug-likeness (QED) is 0.200. The van der Waals surface area contributed by atoms with E-state index >= 15 is 0 Å². The number of nitrogens with one attached hydrogen (secondary N) is 1. The van der Waals surface area contributed by atoms with Gasteiger partial charge < -0.3 is 14.2 Å². The van der Waals surface area contributed by atoms with Gasteiger partial charge in [0.15, 0.2) is 18.1 Å². The molecule has 7 nitrogen and oxygen atoms in total. The molecule has 0 radical (unpaired) electrons. The molecule has 1 amide bonds. The first kappa shape index (κ1) is 25.5. The van der Waals surface area contributed by atoms with Gasteiger partial charge in [-0.1, -0.05) is 43.7 Å². The summed E-state index contributed by atoms with van der Waals surface area (Å²) in [5.41, 5.74) is 6.71. The molecule has 0 saturated heterocycles. The standard InChI is InChI=1S/C28H30N2O5/c1-18(2)23-12-8-20(4)14-25(23)34-17-27(31)30-29-16-21-9-13-24(26(15-21)33-5)35-28(32)22-10-6-19(3)7-11-22/h6-16,18H,17H2,1-5H3,(H,30,31)/b29-16-. The number of nitrogens with zero attached hydrogens (tertiary/aromatic N) is 1. The first-order chi connectivity index (χ1) is 16.8. The molecule has 0 saturated carbocycles. The summed E-state index contributed by atoms with van der Waals surface area (Å²) in [6.07, 6.45) is 1.47. The fraction of sp³-hybridized carbons (Fsp3) is 0.250. The summed E-state index contributed by atoms with van der Waals surface area (Å²) < 4.78 is 16.5. The number of methoxy groups -OCH3 is 1. The number of hydrogen-bond acceptors (Lipinski definition) is 6. The number of benzene rings is 3. The van der Waals surface area contributed by atoms with Crippen LogP contribution in [0.5, 0.6) is 17.2 Å². The van der Waals surface area contributed by atoms with Gasteiger partial charge in [0, 0.05) is 0 Å². The summed E-state index contributed by atoms with van der Waals surface area (Å²) in [6.45, 7) is 7.92. The highest BCUT2D eigenvalue weighted by Crippen LogP contribution is 2.29. The highest BCUT2D eigenvalue weighted by Gasteiger charge is 2.13. The molecule has 35 heavy (non-hydrogen) atoms. The number of ether oxygens (including phenoxy) is 3. The van der Waals surface area contributed by atoms with Crippen molar-refractivity contribution in [3.05, 3.63) is 88.5 Å². The molecule has 0 aliphatic rings. The summed E-state index contributed by atoms with van der Waals surface area (Å²) in [5, 5.41) is 3.98. The molecule has 1 N–H and O–H groups in total. The first-order valence-corrected chi connectivity index (χ1v) is 11.3. The molecule has 0 atom stereocenters. The van der Waals surface area contributed by atoms with Crippen molar-refractivity contribution < 1.29 is 23.8 Å². The largest absolute Gasteiger partial charge is 0.493 e. The van der Waals surface area contributed by atoms with Crippen LogP contribution in [0.3, 0.4) is 0 Å². The van der Waals surface area contributed by atoms with Crippen LogP contribution in [0.2, 0.25) is 0 Å². The maximum Gasteiger partial charge on any atom is 0.343 e. The van der Waals surface area contributed by atoms with Gasteiger partial charge in [0.2, 0.25) is 0 Å². The molecule has 182 valence electrons. The van der Waals surface area contributed by atoms with E-state index in [9.17, 15) is 9.59 Å². The number of aryl methyl sites for hydroxylation is 2. The summed E-state index contributed by atoms with van der Waals surface area (Å²) >= 11 is 0. The Morgan fingerprint density at radius 1 is 0.914 bits per heavy atom. The first-order valence-electron chi connectivity index (χ1n) is 11.3. The zero-order chi connectivity index (χ0) is 25.4. The molecule has 7 heteroatoms. The summed E-state index contributed by atoms with van der Waals surface area (Å²) in [6, 6.07) is 18.0. The summed E-state index contributed by atoms with van der Waals surface area (Å²) in [5.74, 6) is 0.760. The minimum Gasteiger partial charge on any atom is -0.493 e. The van der Waals surface area contributed by atoms with Gasteiger partial charge in [-0.15, -0.1) is 0 Å². The van der Waals surface area contributed by atoms with Gasteiger partial charge >= 0.3 is 5.97 Å².